The van der Waals surface area contributed by atoms with Crippen LogP contribution in [-0.4, -0.2) is 27.0 Å². The number of aromatic nitrogens is 2. The fourth-order valence-corrected chi connectivity index (χ4v) is 4.12. The number of hydrogen-bond acceptors (Lipinski definition) is 6. The van der Waals surface area contributed by atoms with Gasteiger partial charge < -0.3 is 5.11 Å². The second-order valence-corrected chi connectivity index (χ2v) is 8.41. The molecule has 4 rings (SSSR count). The van der Waals surface area contributed by atoms with Gasteiger partial charge in [-0.2, -0.15) is 0 Å². The van der Waals surface area contributed by atoms with Gasteiger partial charge >= 0.3 is 5.91 Å². The van der Waals surface area contributed by atoms with Crippen molar-refractivity contribution in [2.75, 3.05) is 4.90 Å². The lowest BCUT2D eigenvalue weighted by molar-refractivity contribution is -0.132. The minimum Gasteiger partial charge on any atom is -0.507 e. The molecule has 1 aliphatic heterocycles. The highest BCUT2D eigenvalue weighted by Gasteiger charge is 2.48. The van der Waals surface area contributed by atoms with Crippen LogP contribution in [0.1, 0.15) is 22.2 Å². The van der Waals surface area contributed by atoms with E-state index >= 15 is 0 Å². The summed E-state index contributed by atoms with van der Waals surface area (Å²) in [6.45, 7) is 1.74. The van der Waals surface area contributed by atoms with Crippen molar-refractivity contribution in [3.8, 4) is 0 Å². The molecule has 0 bridgehead atoms. The number of carbonyl (C=O) groups is 2. The smallest absolute Gasteiger partial charge is 0.301 e. The maximum Gasteiger partial charge on any atom is 0.301 e. The first-order valence-electron chi connectivity index (χ1n) is 8.49. The summed E-state index contributed by atoms with van der Waals surface area (Å²) in [5.74, 6) is -2.50. The molecule has 0 spiro atoms. The Morgan fingerprint density at radius 3 is 2.34 bits per heavy atom. The highest BCUT2D eigenvalue weighted by atomic mass is 79.9. The van der Waals surface area contributed by atoms with Gasteiger partial charge in [-0.3, -0.25) is 14.5 Å². The van der Waals surface area contributed by atoms with E-state index in [9.17, 15) is 19.1 Å². The monoisotopic (exact) mass is 473 g/mol. The topological polar surface area (TPSA) is 83.4 Å². The standard InChI is InChI=1S/C20H13BrFN3O3S/c1-10-23-24-20(29-10)25-16(11-2-6-13(21)7-3-11)15(18(27)19(25)28)17(26)12-4-8-14(22)9-5-12/h2-9,16,26H,1H3/b17-15+/t16-/m0/s1. The number of Topliss-reactive ketones (excluding diaryl/α,β-unsaturated/α-hetero) is 1. The van der Waals surface area contributed by atoms with Gasteiger partial charge in [0, 0.05) is 10.0 Å². The molecule has 1 aliphatic rings. The Balaban J connectivity index is 1.93. The summed E-state index contributed by atoms with van der Waals surface area (Å²) in [7, 11) is 0. The molecule has 9 heteroatoms. The summed E-state index contributed by atoms with van der Waals surface area (Å²) in [6, 6.07) is 11.2. The molecule has 1 fully saturated rings. The van der Waals surface area contributed by atoms with Crippen molar-refractivity contribution in [3.05, 3.63) is 80.5 Å². The Hall–Kier alpha value is -2.91. The van der Waals surface area contributed by atoms with Crippen molar-refractivity contribution in [3.63, 3.8) is 0 Å². The van der Waals surface area contributed by atoms with Gasteiger partial charge in [-0.1, -0.05) is 39.4 Å². The third kappa shape index (κ3) is 3.47. The minimum absolute atomic E-state index is 0.0863. The number of carbonyl (C=O) groups excluding carboxylic acids is 2. The van der Waals surface area contributed by atoms with Crippen LogP contribution >= 0.6 is 27.3 Å². The zero-order chi connectivity index (χ0) is 20.7. The number of rotatable bonds is 3. The van der Waals surface area contributed by atoms with Crippen LogP contribution < -0.4 is 4.90 Å². The Bertz CT molecular complexity index is 1140. The van der Waals surface area contributed by atoms with Gasteiger partial charge in [0.15, 0.2) is 0 Å². The van der Waals surface area contributed by atoms with Crippen molar-refractivity contribution in [1.29, 1.82) is 0 Å². The fraction of sp³-hybridized carbons (Fsp3) is 0.100. The van der Waals surface area contributed by atoms with Crippen LogP contribution in [0.25, 0.3) is 5.76 Å². The van der Waals surface area contributed by atoms with Crippen LogP contribution in [-0.2, 0) is 9.59 Å². The molecule has 0 aliphatic carbocycles. The fourth-order valence-electron chi connectivity index (χ4n) is 3.14. The molecule has 1 atom stereocenters. The third-order valence-electron chi connectivity index (χ3n) is 4.47. The number of nitrogens with zero attached hydrogens (tertiary/aromatic N) is 3. The summed E-state index contributed by atoms with van der Waals surface area (Å²) in [4.78, 5) is 27.0. The molecule has 3 aromatic rings. The lowest BCUT2D eigenvalue weighted by Crippen LogP contribution is -2.29. The average molecular weight is 474 g/mol. The van der Waals surface area contributed by atoms with Crippen molar-refractivity contribution < 1.29 is 19.1 Å². The molecule has 6 nitrogen and oxygen atoms in total. The molecule has 146 valence electrons. The summed E-state index contributed by atoms with van der Waals surface area (Å²) in [5, 5.41) is 19.7. The van der Waals surface area contributed by atoms with E-state index < -0.39 is 23.5 Å². The summed E-state index contributed by atoms with van der Waals surface area (Å²) in [6.07, 6.45) is 0. The summed E-state index contributed by atoms with van der Waals surface area (Å²) >= 11 is 4.54. The molecule has 29 heavy (non-hydrogen) atoms. The Morgan fingerprint density at radius 1 is 1.10 bits per heavy atom. The molecular weight excluding hydrogens is 461 g/mol. The van der Waals surface area contributed by atoms with E-state index in [0.717, 1.165) is 4.47 Å². The van der Waals surface area contributed by atoms with Crippen molar-refractivity contribution in [2.45, 2.75) is 13.0 Å². The number of hydrogen-bond donors (Lipinski definition) is 1. The highest BCUT2D eigenvalue weighted by Crippen LogP contribution is 2.43. The number of aryl methyl sites for hydroxylation is 1. The molecule has 0 unspecified atom stereocenters. The van der Waals surface area contributed by atoms with E-state index in [1.807, 2.05) is 0 Å². The van der Waals surface area contributed by atoms with Crippen LogP contribution in [0.3, 0.4) is 0 Å². The lowest BCUT2D eigenvalue weighted by atomic mass is 9.95. The number of benzene rings is 2. The first-order valence-corrected chi connectivity index (χ1v) is 10.1. The van der Waals surface area contributed by atoms with Gasteiger partial charge in [-0.15, -0.1) is 10.2 Å². The second kappa shape index (κ2) is 7.49. The first-order chi connectivity index (χ1) is 13.9. The van der Waals surface area contributed by atoms with Crippen molar-refractivity contribution >= 4 is 49.8 Å². The van der Waals surface area contributed by atoms with Gasteiger partial charge in [-0.05, 0) is 48.9 Å². The molecule has 1 aromatic heterocycles. The second-order valence-electron chi connectivity index (χ2n) is 6.33. The van der Waals surface area contributed by atoms with Crippen molar-refractivity contribution in [2.24, 2.45) is 0 Å². The first kappa shape index (κ1) is 19.4. The predicted octanol–water partition coefficient (Wildman–Crippen LogP) is 4.37. The Morgan fingerprint density at radius 2 is 1.76 bits per heavy atom. The van der Waals surface area contributed by atoms with Gasteiger partial charge in [0.05, 0.1) is 11.6 Å². The lowest BCUT2D eigenvalue weighted by Gasteiger charge is -2.22. The third-order valence-corrected chi connectivity index (χ3v) is 5.84. The maximum absolute atomic E-state index is 13.3. The van der Waals surface area contributed by atoms with E-state index in [4.69, 9.17) is 0 Å². The van der Waals surface area contributed by atoms with Crippen LogP contribution in [0.15, 0.2) is 58.6 Å². The molecule has 2 aromatic carbocycles. The van der Waals surface area contributed by atoms with Crippen molar-refractivity contribution in [1.82, 2.24) is 10.2 Å². The predicted molar refractivity (Wildman–Crippen MR) is 110 cm³/mol. The normalized spacial score (nSPS) is 18.4. The molecular formula is C20H13BrFN3O3S. The summed E-state index contributed by atoms with van der Waals surface area (Å²) < 4.78 is 14.1. The van der Waals surface area contributed by atoms with Gasteiger partial charge in [0.2, 0.25) is 5.13 Å². The van der Waals surface area contributed by atoms with E-state index in [-0.39, 0.29) is 22.0 Å². The van der Waals surface area contributed by atoms with E-state index in [1.165, 1.54) is 40.5 Å². The molecule has 1 amide bonds. The Kier molecular flexibility index (Phi) is 5.01. The van der Waals surface area contributed by atoms with Crippen LogP contribution in [0, 0.1) is 12.7 Å². The SMILES string of the molecule is Cc1nnc(N2C(=O)C(=O)/C(=C(/O)c3ccc(F)cc3)[C@@H]2c2ccc(Br)cc2)s1. The number of amides is 1. The zero-order valence-electron chi connectivity index (χ0n) is 15.0. The number of ketones is 1. The number of anilines is 1. The van der Waals surface area contributed by atoms with E-state index in [1.54, 1.807) is 31.2 Å². The van der Waals surface area contributed by atoms with Crippen LogP contribution in [0.2, 0.25) is 0 Å². The van der Waals surface area contributed by atoms with E-state index in [0.29, 0.717) is 10.6 Å². The summed E-state index contributed by atoms with van der Waals surface area (Å²) in [5.41, 5.74) is 0.764. The van der Waals surface area contributed by atoms with E-state index in [2.05, 4.69) is 26.1 Å². The molecule has 0 radical (unpaired) electrons. The largest absolute Gasteiger partial charge is 0.507 e. The number of aliphatic hydroxyl groups excluding tert-OH is 1. The molecule has 1 N–H and O–H groups in total. The maximum atomic E-state index is 13.3. The van der Waals surface area contributed by atoms with Gasteiger partial charge in [0.1, 0.15) is 16.6 Å². The average Bonchev–Trinajstić information content (AvgIpc) is 3.24. The minimum atomic E-state index is -0.888. The molecule has 0 saturated carbocycles. The van der Waals surface area contributed by atoms with Gasteiger partial charge in [-0.25, -0.2) is 4.39 Å². The zero-order valence-corrected chi connectivity index (χ0v) is 17.4. The van der Waals surface area contributed by atoms with Gasteiger partial charge in [0.25, 0.3) is 5.78 Å². The quantitative estimate of drug-likeness (QED) is 0.346. The molecule has 1 saturated heterocycles. The highest BCUT2D eigenvalue weighted by molar-refractivity contribution is 9.10. The number of halogens is 2. The molecule has 2 heterocycles. The van der Waals surface area contributed by atoms with Crippen LogP contribution in [0.5, 0.6) is 0 Å². The van der Waals surface area contributed by atoms with Crippen LogP contribution in [0.4, 0.5) is 9.52 Å². The number of aliphatic hydroxyl groups is 1. The Labute approximate surface area is 177 Å².